The van der Waals surface area contributed by atoms with Gasteiger partial charge in [-0.25, -0.2) is 9.59 Å². The van der Waals surface area contributed by atoms with Crippen molar-refractivity contribution in [2.24, 2.45) is 11.3 Å². The van der Waals surface area contributed by atoms with E-state index < -0.39 is 20.4 Å². The van der Waals surface area contributed by atoms with Crippen LogP contribution in [0, 0.1) is 11.3 Å². The maximum atomic E-state index is 12.7. The van der Waals surface area contributed by atoms with Crippen molar-refractivity contribution in [2.45, 2.75) is 90.8 Å². The zero-order valence-corrected chi connectivity index (χ0v) is 22.2. The molecule has 0 unspecified atom stereocenters. The van der Waals surface area contributed by atoms with Crippen LogP contribution >= 0.6 is 0 Å². The van der Waals surface area contributed by atoms with E-state index in [1.807, 2.05) is 30.3 Å². The van der Waals surface area contributed by atoms with Crippen LogP contribution in [-0.4, -0.2) is 37.6 Å². The van der Waals surface area contributed by atoms with Crippen LogP contribution in [0.5, 0.6) is 0 Å². The molecule has 1 aliphatic rings. The summed E-state index contributed by atoms with van der Waals surface area (Å²) in [6.45, 7) is 15.6. The maximum absolute atomic E-state index is 12.7. The first-order chi connectivity index (χ1) is 15.2. The minimum absolute atomic E-state index is 0.00145. The molecule has 1 aliphatic carbocycles. The predicted molar refractivity (Wildman–Crippen MR) is 134 cm³/mol. The zero-order valence-electron chi connectivity index (χ0n) is 21.2. The number of aliphatic carboxylic acids is 1. The molecule has 7 heteroatoms. The van der Waals surface area contributed by atoms with E-state index in [1.54, 1.807) is 6.08 Å². The van der Waals surface area contributed by atoms with Gasteiger partial charge in [-0.15, -0.1) is 0 Å². The first kappa shape index (κ1) is 27.1. The quantitative estimate of drug-likeness (QED) is 0.348. The molecule has 2 N–H and O–H groups in total. The highest BCUT2D eigenvalue weighted by Gasteiger charge is 2.47. The van der Waals surface area contributed by atoms with Gasteiger partial charge >= 0.3 is 12.1 Å². The average Bonchev–Trinajstić information content (AvgIpc) is 2.69. The SMILES string of the molecule is CC1(C)[C@H](C/C=C/C(=O)O)C[C@@H](O[Si](C)(C)C(C)(C)C)C[C@H]1NC(=O)OCc1ccccc1. The topological polar surface area (TPSA) is 84.9 Å². The first-order valence-electron chi connectivity index (χ1n) is 11.8. The molecule has 1 aromatic carbocycles. The minimum Gasteiger partial charge on any atom is -0.478 e. The lowest BCUT2D eigenvalue weighted by Crippen LogP contribution is -2.56. The molecule has 1 fully saturated rings. The summed E-state index contributed by atoms with van der Waals surface area (Å²) in [5.74, 6) is -0.784. The van der Waals surface area contributed by atoms with E-state index in [2.05, 4.69) is 53.0 Å². The Balaban J connectivity index is 2.16. The summed E-state index contributed by atoms with van der Waals surface area (Å²) < 4.78 is 12.2. The minimum atomic E-state index is -2.00. The molecule has 0 radical (unpaired) electrons. The predicted octanol–water partition coefficient (Wildman–Crippen LogP) is 6.14. The van der Waals surface area contributed by atoms with Crippen molar-refractivity contribution in [1.29, 1.82) is 0 Å². The highest BCUT2D eigenvalue weighted by molar-refractivity contribution is 6.74. The van der Waals surface area contributed by atoms with Gasteiger partial charge in [0, 0.05) is 18.2 Å². The molecule has 0 saturated heterocycles. The van der Waals surface area contributed by atoms with Crippen LogP contribution in [0.15, 0.2) is 42.5 Å². The van der Waals surface area contributed by atoms with E-state index in [0.717, 1.165) is 12.0 Å². The summed E-state index contributed by atoms with van der Waals surface area (Å²) in [5, 5.41) is 12.2. The summed E-state index contributed by atoms with van der Waals surface area (Å²) in [6.07, 6.45) is 4.64. The number of hydrogen-bond donors (Lipinski definition) is 2. The lowest BCUT2D eigenvalue weighted by molar-refractivity contribution is -0.131. The molecule has 1 amide bonds. The molecule has 2 rings (SSSR count). The van der Waals surface area contributed by atoms with Crippen molar-refractivity contribution in [3.8, 4) is 0 Å². The lowest BCUT2D eigenvalue weighted by atomic mass is 9.63. The Morgan fingerprint density at radius 1 is 1.18 bits per heavy atom. The van der Waals surface area contributed by atoms with Gasteiger partial charge in [0.2, 0.25) is 0 Å². The van der Waals surface area contributed by atoms with Crippen molar-refractivity contribution >= 4 is 20.4 Å². The van der Waals surface area contributed by atoms with Crippen LogP contribution in [0.3, 0.4) is 0 Å². The third kappa shape index (κ3) is 7.71. The molecule has 1 saturated carbocycles. The Hall–Kier alpha value is -2.12. The van der Waals surface area contributed by atoms with Crippen LogP contribution < -0.4 is 5.32 Å². The molecule has 1 aromatic rings. The number of hydrogen-bond acceptors (Lipinski definition) is 4. The van der Waals surface area contributed by atoms with Gasteiger partial charge in [-0.05, 0) is 54.3 Å². The van der Waals surface area contributed by atoms with E-state index in [-0.39, 0.29) is 35.1 Å². The van der Waals surface area contributed by atoms with Gasteiger partial charge in [-0.3, -0.25) is 0 Å². The van der Waals surface area contributed by atoms with Gasteiger partial charge in [0.05, 0.1) is 0 Å². The number of alkyl carbamates (subject to hydrolysis) is 1. The third-order valence-corrected chi connectivity index (χ3v) is 12.0. The van der Waals surface area contributed by atoms with Crippen molar-refractivity contribution in [3.05, 3.63) is 48.0 Å². The zero-order chi connectivity index (χ0) is 24.9. The second kappa shape index (κ2) is 10.9. The standard InChI is InChI=1S/C26H41NO5Si/c1-25(2,3)33(6,7)32-21-16-20(14-11-15-23(28)29)26(4,5)22(17-21)27-24(30)31-18-19-12-9-8-10-13-19/h8-13,15,20-22H,14,16-18H2,1-7H3,(H,27,30)(H,28,29)/b15-11+/t20-,21-,22-/m1/s1. The smallest absolute Gasteiger partial charge is 0.407 e. The summed E-state index contributed by atoms with van der Waals surface area (Å²) in [6, 6.07) is 9.46. The molecule has 0 aromatic heterocycles. The average molecular weight is 476 g/mol. The number of benzene rings is 1. The Labute approximate surface area is 199 Å². The van der Waals surface area contributed by atoms with E-state index >= 15 is 0 Å². The number of carbonyl (C=O) groups is 2. The number of allylic oxidation sites excluding steroid dienone is 1. The second-order valence-electron chi connectivity index (χ2n) is 11.2. The Bertz CT molecular complexity index is 829. The molecule has 0 bridgehead atoms. The van der Waals surface area contributed by atoms with Gasteiger partial charge in [0.15, 0.2) is 8.32 Å². The number of nitrogens with one attached hydrogen (secondary N) is 1. The third-order valence-electron chi connectivity index (χ3n) is 7.45. The molecular formula is C26H41NO5Si. The van der Waals surface area contributed by atoms with Crippen molar-refractivity contribution < 1.29 is 23.9 Å². The summed E-state index contributed by atoms with van der Waals surface area (Å²) in [4.78, 5) is 23.7. The summed E-state index contributed by atoms with van der Waals surface area (Å²) in [7, 11) is -2.00. The van der Waals surface area contributed by atoms with E-state index in [0.29, 0.717) is 12.8 Å². The molecule has 0 heterocycles. The Kier molecular flexibility index (Phi) is 8.93. The molecule has 6 nitrogen and oxygen atoms in total. The van der Waals surface area contributed by atoms with Crippen LogP contribution in [0.4, 0.5) is 4.79 Å². The molecular weight excluding hydrogens is 434 g/mol. The molecule has 184 valence electrons. The largest absolute Gasteiger partial charge is 0.478 e. The summed E-state index contributed by atoms with van der Waals surface area (Å²) in [5.41, 5.74) is 0.688. The lowest BCUT2D eigenvalue weighted by Gasteiger charge is -2.50. The highest BCUT2D eigenvalue weighted by atomic mass is 28.4. The Morgan fingerprint density at radius 3 is 2.39 bits per heavy atom. The molecule has 3 atom stereocenters. The van der Waals surface area contributed by atoms with Gasteiger partial charge in [-0.2, -0.15) is 0 Å². The molecule has 0 spiro atoms. The first-order valence-corrected chi connectivity index (χ1v) is 14.7. The van der Waals surface area contributed by atoms with E-state index in [4.69, 9.17) is 14.3 Å². The number of ether oxygens (including phenoxy) is 1. The van der Waals surface area contributed by atoms with Crippen LogP contribution in [0.2, 0.25) is 18.1 Å². The fraction of sp³-hybridized carbons (Fsp3) is 0.615. The van der Waals surface area contributed by atoms with Crippen molar-refractivity contribution in [3.63, 3.8) is 0 Å². The fourth-order valence-electron chi connectivity index (χ4n) is 4.14. The van der Waals surface area contributed by atoms with Gasteiger partial charge in [-0.1, -0.05) is 71.0 Å². The van der Waals surface area contributed by atoms with Crippen molar-refractivity contribution in [1.82, 2.24) is 5.32 Å². The number of rotatable bonds is 8. The number of carboxylic acid groups (broad SMARTS) is 1. The van der Waals surface area contributed by atoms with Gasteiger partial charge in [0.25, 0.3) is 0 Å². The molecule has 33 heavy (non-hydrogen) atoms. The van der Waals surface area contributed by atoms with Crippen molar-refractivity contribution in [2.75, 3.05) is 0 Å². The maximum Gasteiger partial charge on any atom is 0.407 e. The second-order valence-corrected chi connectivity index (χ2v) is 16.0. The number of amides is 1. The van der Waals surface area contributed by atoms with Crippen LogP contribution in [-0.2, 0) is 20.6 Å². The van der Waals surface area contributed by atoms with E-state index in [1.165, 1.54) is 6.08 Å². The van der Waals surface area contributed by atoms with Gasteiger partial charge in [0.1, 0.15) is 6.61 Å². The fourth-order valence-corrected chi connectivity index (χ4v) is 5.52. The monoisotopic (exact) mass is 475 g/mol. The Morgan fingerprint density at radius 2 is 1.82 bits per heavy atom. The van der Waals surface area contributed by atoms with Crippen LogP contribution in [0.1, 0.15) is 59.4 Å². The van der Waals surface area contributed by atoms with Gasteiger partial charge < -0.3 is 19.6 Å². The summed E-state index contributed by atoms with van der Waals surface area (Å²) >= 11 is 0. The van der Waals surface area contributed by atoms with Crippen LogP contribution in [0.25, 0.3) is 0 Å². The highest BCUT2D eigenvalue weighted by Crippen LogP contribution is 2.46. The normalized spacial score (nSPS) is 23.3. The van der Waals surface area contributed by atoms with E-state index in [9.17, 15) is 9.59 Å². The number of carbonyl (C=O) groups excluding carboxylic acids is 1. The number of carboxylic acids is 1. The molecule has 0 aliphatic heterocycles.